The first-order valence-electron chi connectivity index (χ1n) is 5.26. The predicted molar refractivity (Wildman–Crippen MR) is 72.4 cm³/mol. The molecule has 106 valence electrons. The third-order valence-electron chi connectivity index (χ3n) is 2.21. The van der Waals surface area contributed by atoms with Crippen LogP contribution in [0.2, 0.25) is 5.02 Å². The zero-order valence-electron chi connectivity index (χ0n) is 9.70. The highest BCUT2D eigenvalue weighted by atomic mass is 79.9. The van der Waals surface area contributed by atoms with E-state index in [-0.39, 0.29) is 26.7 Å². The molecule has 1 amide bonds. The molecule has 0 spiro atoms. The van der Waals surface area contributed by atoms with E-state index in [4.69, 9.17) is 16.0 Å². The van der Waals surface area contributed by atoms with Gasteiger partial charge in [-0.2, -0.15) is 8.78 Å². The van der Waals surface area contributed by atoms with Crippen LogP contribution in [0.25, 0.3) is 0 Å². The molecular formula is C12H7BrClF2NO3. The van der Waals surface area contributed by atoms with Crippen LogP contribution in [0, 0.1) is 0 Å². The number of carbonyl (C=O) groups is 1. The van der Waals surface area contributed by atoms with Gasteiger partial charge < -0.3 is 14.5 Å². The highest BCUT2D eigenvalue weighted by Crippen LogP contribution is 2.37. The van der Waals surface area contributed by atoms with Crippen LogP contribution < -0.4 is 10.1 Å². The molecule has 8 heteroatoms. The van der Waals surface area contributed by atoms with Crippen molar-refractivity contribution in [1.82, 2.24) is 0 Å². The lowest BCUT2D eigenvalue weighted by Gasteiger charge is -2.13. The monoisotopic (exact) mass is 365 g/mol. The first kappa shape index (κ1) is 14.8. The summed E-state index contributed by atoms with van der Waals surface area (Å²) in [5.74, 6) is -0.795. The van der Waals surface area contributed by atoms with Gasteiger partial charge in [0, 0.05) is 5.02 Å². The van der Waals surface area contributed by atoms with Crippen molar-refractivity contribution < 1.29 is 22.7 Å². The summed E-state index contributed by atoms with van der Waals surface area (Å²) in [5, 5.41) is 2.64. The van der Waals surface area contributed by atoms with E-state index in [0.29, 0.717) is 0 Å². The van der Waals surface area contributed by atoms with Gasteiger partial charge in [0.1, 0.15) is 0 Å². The molecule has 20 heavy (non-hydrogen) atoms. The second kappa shape index (κ2) is 6.23. The van der Waals surface area contributed by atoms with Crippen molar-refractivity contribution in [2.24, 2.45) is 0 Å². The number of rotatable bonds is 4. The molecule has 2 aromatic rings. The van der Waals surface area contributed by atoms with E-state index < -0.39 is 12.5 Å². The van der Waals surface area contributed by atoms with E-state index in [9.17, 15) is 13.6 Å². The Hall–Kier alpha value is -1.60. The molecule has 0 fully saturated rings. The lowest BCUT2D eigenvalue weighted by molar-refractivity contribution is -0.0498. The Morgan fingerprint density at radius 1 is 1.45 bits per heavy atom. The topological polar surface area (TPSA) is 51.5 Å². The number of halogens is 4. The fraction of sp³-hybridized carbons (Fsp3) is 0.0833. The maximum atomic E-state index is 12.4. The van der Waals surface area contributed by atoms with Crippen LogP contribution in [0.5, 0.6) is 5.75 Å². The number of carbonyl (C=O) groups excluding carboxylic acids is 1. The van der Waals surface area contributed by atoms with Gasteiger partial charge in [0.15, 0.2) is 11.5 Å². The zero-order valence-corrected chi connectivity index (χ0v) is 12.0. The van der Waals surface area contributed by atoms with E-state index in [1.54, 1.807) is 0 Å². The first-order chi connectivity index (χ1) is 9.47. The van der Waals surface area contributed by atoms with Crippen molar-refractivity contribution in [3.8, 4) is 5.75 Å². The van der Waals surface area contributed by atoms with Gasteiger partial charge in [0.05, 0.1) is 16.4 Å². The Balaban J connectivity index is 2.32. The van der Waals surface area contributed by atoms with Crippen molar-refractivity contribution >= 4 is 39.1 Å². The van der Waals surface area contributed by atoms with Crippen molar-refractivity contribution in [1.29, 1.82) is 0 Å². The van der Waals surface area contributed by atoms with Crippen molar-refractivity contribution in [3.63, 3.8) is 0 Å². The highest BCUT2D eigenvalue weighted by Gasteiger charge is 2.18. The van der Waals surface area contributed by atoms with Gasteiger partial charge in [-0.25, -0.2) is 0 Å². The number of amides is 1. The quantitative estimate of drug-likeness (QED) is 0.864. The number of benzene rings is 1. The van der Waals surface area contributed by atoms with Gasteiger partial charge in [-0.05, 0) is 40.2 Å². The normalized spacial score (nSPS) is 10.7. The van der Waals surface area contributed by atoms with E-state index >= 15 is 0 Å². The molecule has 0 radical (unpaired) electrons. The summed E-state index contributed by atoms with van der Waals surface area (Å²) in [6.45, 7) is -3.04. The molecule has 0 aliphatic rings. The Kier molecular flexibility index (Phi) is 4.61. The lowest BCUT2D eigenvalue weighted by Crippen LogP contribution is -2.13. The number of furan rings is 1. The third kappa shape index (κ3) is 3.49. The third-order valence-corrected chi connectivity index (χ3v) is 3.02. The summed E-state index contributed by atoms with van der Waals surface area (Å²) in [6.07, 6.45) is 1.32. The van der Waals surface area contributed by atoms with Gasteiger partial charge in [0.2, 0.25) is 0 Å². The average Bonchev–Trinajstić information content (AvgIpc) is 2.87. The minimum absolute atomic E-state index is 0.00562. The zero-order chi connectivity index (χ0) is 14.7. The molecule has 1 N–H and O–H groups in total. The number of ether oxygens (including phenoxy) is 1. The van der Waals surface area contributed by atoms with Crippen LogP contribution in [0.15, 0.2) is 39.4 Å². The van der Waals surface area contributed by atoms with Crippen LogP contribution in [-0.2, 0) is 0 Å². The highest BCUT2D eigenvalue weighted by molar-refractivity contribution is 9.10. The number of alkyl halides is 2. The molecule has 4 nitrogen and oxygen atoms in total. The van der Waals surface area contributed by atoms with Crippen molar-refractivity contribution in [3.05, 3.63) is 45.8 Å². The standard InChI is InChI=1S/C12H7BrClF2NO3/c13-7-4-6(14)5-8(10(7)20-12(15)16)17-11(18)9-2-1-3-19-9/h1-5,12H,(H,17,18). The Morgan fingerprint density at radius 2 is 2.20 bits per heavy atom. The number of anilines is 1. The summed E-state index contributed by atoms with van der Waals surface area (Å²) in [5.41, 5.74) is 0.00562. The summed E-state index contributed by atoms with van der Waals surface area (Å²) in [6, 6.07) is 5.63. The molecule has 1 aromatic heterocycles. The minimum Gasteiger partial charge on any atom is -0.459 e. The lowest BCUT2D eigenvalue weighted by atomic mass is 10.2. The molecule has 0 bridgehead atoms. The van der Waals surface area contributed by atoms with Crippen LogP contribution in [-0.4, -0.2) is 12.5 Å². The van der Waals surface area contributed by atoms with Crippen LogP contribution >= 0.6 is 27.5 Å². The Bertz CT molecular complexity index is 619. The van der Waals surface area contributed by atoms with Crippen LogP contribution in [0.1, 0.15) is 10.6 Å². The Morgan fingerprint density at radius 3 is 2.80 bits per heavy atom. The molecular weight excluding hydrogens is 359 g/mol. The number of hydrogen-bond donors (Lipinski definition) is 1. The van der Waals surface area contributed by atoms with Gasteiger partial charge in [0.25, 0.3) is 5.91 Å². The van der Waals surface area contributed by atoms with Gasteiger partial charge in [-0.1, -0.05) is 11.6 Å². The minimum atomic E-state index is -3.04. The van der Waals surface area contributed by atoms with Crippen molar-refractivity contribution in [2.45, 2.75) is 6.61 Å². The molecule has 1 heterocycles. The van der Waals surface area contributed by atoms with Crippen LogP contribution in [0.4, 0.5) is 14.5 Å². The summed E-state index contributed by atoms with van der Waals surface area (Å²) < 4.78 is 34.2. The predicted octanol–water partition coefficient (Wildman–Crippen LogP) is 4.55. The molecule has 0 aliphatic heterocycles. The molecule has 0 saturated heterocycles. The van der Waals surface area contributed by atoms with Gasteiger partial charge in [-0.3, -0.25) is 4.79 Å². The molecule has 0 unspecified atom stereocenters. The molecule has 1 aromatic carbocycles. The Labute approximate surface area is 125 Å². The molecule has 0 atom stereocenters. The largest absolute Gasteiger partial charge is 0.459 e. The molecule has 0 saturated carbocycles. The van der Waals surface area contributed by atoms with Crippen LogP contribution in [0.3, 0.4) is 0 Å². The van der Waals surface area contributed by atoms with E-state index in [1.807, 2.05) is 0 Å². The van der Waals surface area contributed by atoms with Gasteiger partial charge >= 0.3 is 6.61 Å². The summed E-state index contributed by atoms with van der Waals surface area (Å²) in [7, 11) is 0. The smallest absolute Gasteiger partial charge is 0.387 e. The van der Waals surface area contributed by atoms with Crippen molar-refractivity contribution in [2.75, 3.05) is 5.32 Å². The molecule has 2 rings (SSSR count). The average molecular weight is 367 g/mol. The summed E-state index contributed by atoms with van der Waals surface area (Å²) >= 11 is 8.87. The summed E-state index contributed by atoms with van der Waals surface area (Å²) in [4.78, 5) is 11.8. The maximum absolute atomic E-state index is 12.4. The maximum Gasteiger partial charge on any atom is 0.387 e. The van der Waals surface area contributed by atoms with Gasteiger partial charge in [-0.15, -0.1) is 0 Å². The van der Waals surface area contributed by atoms with E-state index in [2.05, 4.69) is 26.0 Å². The SMILES string of the molecule is O=C(Nc1cc(Cl)cc(Br)c1OC(F)F)c1ccco1. The second-order valence-corrected chi connectivity index (χ2v) is 4.86. The first-order valence-corrected chi connectivity index (χ1v) is 6.43. The number of hydrogen-bond acceptors (Lipinski definition) is 3. The fourth-order valence-corrected chi connectivity index (χ4v) is 2.36. The number of nitrogens with one attached hydrogen (secondary N) is 1. The van der Waals surface area contributed by atoms with E-state index in [1.165, 1.54) is 30.5 Å². The molecule has 0 aliphatic carbocycles. The fourth-order valence-electron chi connectivity index (χ4n) is 1.45. The van der Waals surface area contributed by atoms with E-state index in [0.717, 1.165) is 0 Å². The second-order valence-electron chi connectivity index (χ2n) is 3.57.